The average molecular weight is 348 g/mol. The van der Waals surface area contributed by atoms with Gasteiger partial charge in [0.05, 0.1) is 0 Å². The molecule has 0 unspecified atom stereocenters. The predicted molar refractivity (Wildman–Crippen MR) is 84.8 cm³/mol. The normalized spacial score (nSPS) is 10.7. The van der Waals surface area contributed by atoms with E-state index >= 15 is 0 Å². The summed E-state index contributed by atoms with van der Waals surface area (Å²) in [6.07, 6.45) is 1.99. The number of aromatic amines is 1. The van der Waals surface area contributed by atoms with Crippen molar-refractivity contribution in [1.82, 2.24) is 4.98 Å². The Kier molecular flexibility index (Phi) is 3.23. The van der Waals surface area contributed by atoms with E-state index in [1.54, 1.807) is 0 Å². The first-order valence-electron chi connectivity index (χ1n) is 5.87. The molecule has 0 fully saturated rings. The van der Waals surface area contributed by atoms with Crippen LogP contribution in [0.15, 0.2) is 54.7 Å². The minimum Gasteiger partial charge on any atom is -0.381 e. The number of halogens is 1. The van der Waals surface area contributed by atoms with Crippen molar-refractivity contribution < 1.29 is 0 Å². The van der Waals surface area contributed by atoms with Crippen LogP contribution < -0.4 is 5.32 Å². The number of nitrogens with one attached hydrogen (secondary N) is 2. The highest BCUT2D eigenvalue weighted by molar-refractivity contribution is 14.1. The summed E-state index contributed by atoms with van der Waals surface area (Å²) in [6, 6.07) is 16.9. The van der Waals surface area contributed by atoms with Crippen molar-refractivity contribution in [3.63, 3.8) is 0 Å². The lowest BCUT2D eigenvalue weighted by molar-refractivity contribution is 1.17. The van der Waals surface area contributed by atoms with Gasteiger partial charge in [0.1, 0.15) is 0 Å². The quantitative estimate of drug-likeness (QED) is 0.676. The highest BCUT2D eigenvalue weighted by Gasteiger charge is 2.01. The first-order chi connectivity index (χ1) is 8.83. The summed E-state index contributed by atoms with van der Waals surface area (Å²) in [5, 5.41) is 4.75. The van der Waals surface area contributed by atoms with E-state index in [2.05, 4.69) is 81.4 Å². The number of fused-ring (bicyclic) bond motifs is 1. The average Bonchev–Trinajstić information content (AvgIpc) is 2.85. The summed E-state index contributed by atoms with van der Waals surface area (Å²) >= 11 is 2.33. The van der Waals surface area contributed by atoms with E-state index < -0.39 is 0 Å². The van der Waals surface area contributed by atoms with E-state index in [-0.39, 0.29) is 0 Å². The topological polar surface area (TPSA) is 27.8 Å². The number of hydrogen-bond acceptors (Lipinski definition) is 1. The maximum Gasteiger partial charge on any atom is 0.0457 e. The fourth-order valence-corrected chi connectivity index (χ4v) is 2.64. The van der Waals surface area contributed by atoms with E-state index in [0.717, 1.165) is 12.2 Å². The van der Waals surface area contributed by atoms with Gasteiger partial charge in [-0.25, -0.2) is 0 Å². The van der Waals surface area contributed by atoms with Crippen molar-refractivity contribution in [2.75, 3.05) is 5.32 Å². The van der Waals surface area contributed by atoms with Crippen LogP contribution in [0.5, 0.6) is 0 Å². The van der Waals surface area contributed by atoms with E-state index in [1.807, 2.05) is 6.20 Å². The maximum atomic E-state index is 3.47. The summed E-state index contributed by atoms with van der Waals surface area (Å²) in [5.41, 5.74) is 3.67. The van der Waals surface area contributed by atoms with Crippen molar-refractivity contribution in [3.05, 3.63) is 63.9 Å². The third-order valence-corrected chi connectivity index (χ3v) is 3.66. The number of aromatic nitrogens is 1. The number of H-pyrrole nitrogens is 1. The molecule has 2 nitrogen and oxygen atoms in total. The van der Waals surface area contributed by atoms with Gasteiger partial charge in [0.15, 0.2) is 0 Å². The molecule has 0 aliphatic carbocycles. The van der Waals surface area contributed by atoms with Crippen LogP contribution in [0.4, 0.5) is 5.69 Å². The molecule has 0 atom stereocenters. The minimum absolute atomic E-state index is 0.843. The first kappa shape index (κ1) is 11.6. The Morgan fingerprint density at radius 3 is 2.83 bits per heavy atom. The zero-order chi connectivity index (χ0) is 12.4. The molecule has 0 saturated heterocycles. The number of rotatable bonds is 3. The lowest BCUT2D eigenvalue weighted by Crippen LogP contribution is -1.99. The molecule has 0 aliphatic heterocycles. The van der Waals surface area contributed by atoms with Crippen molar-refractivity contribution in [2.45, 2.75) is 6.54 Å². The zero-order valence-corrected chi connectivity index (χ0v) is 11.9. The molecule has 0 aliphatic rings. The summed E-state index contributed by atoms with van der Waals surface area (Å²) in [5.74, 6) is 0. The third-order valence-electron chi connectivity index (χ3n) is 2.99. The van der Waals surface area contributed by atoms with Crippen LogP contribution >= 0.6 is 22.6 Å². The molecule has 0 spiro atoms. The lowest BCUT2D eigenvalue weighted by Gasteiger charge is -2.08. The SMILES string of the molecule is Ic1cccc(NCc2cccc3[nH]ccc23)c1. The molecule has 2 aromatic carbocycles. The van der Waals surface area contributed by atoms with Crippen LogP contribution in [0.1, 0.15) is 5.56 Å². The molecule has 1 aromatic heterocycles. The third kappa shape index (κ3) is 2.36. The van der Waals surface area contributed by atoms with Gasteiger partial charge in [-0.2, -0.15) is 0 Å². The van der Waals surface area contributed by atoms with Gasteiger partial charge in [-0.1, -0.05) is 18.2 Å². The molecule has 0 saturated carbocycles. The molecule has 3 heteroatoms. The predicted octanol–water partition coefficient (Wildman–Crippen LogP) is 4.38. The fourth-order valence-electron chi connectivity index (χ4n) is 2.10. The standard InChI is InChI=1S/C15H13IN2/c16-12-4-2-5-13(9-12)18-10-11-3-1-6-15-14(11)7-8-17-15/h1-9,17-18H,10H2. The highest BCUT2D eigenvalue weighted by atomic mass is 127. The maximum absolute atomic E-state index is 3.47. The molecule has 0 radical (unpaired) electrons. The highest BCUT2D eigenvalue weighted by Crippen LogP contribution is 2.19. The van der Waals surface area contributed by atoms with Crippen LogP contribution in [0.2, 0.25) is 0 Å². The lowest BCUT2D eigenvalue weighted by atomic mass is 10.1. The van der Waals surface area contributed by atoms with Gasteiger partial charge in [0.25, 0.3) is 0 Å². The molecule has 90 valence electrons. The van der Waals surface area contributed by atoms with Gasteiger partial charge in [-0.3, -0.25) is 0 Å². The van der Waals surface area contributed by atoms with Crippen molar-refractivity contribution in [3.8, 4) is 0 Å². The van der Waals surface area contributed by atoms with E-state index in [1.165, 1.54) is 20.0 Å². The second-order valence-electron chi connectivity index (χ2n) is 4.22. The molecule has 3 rings (SSSR count). The fraction of sp³-hybridized carbons (Fsp3) is 0.0667. The van der Waals surface area contributed by atoms with Crippen molar-refractivity contribution in [2.24, 2.45) is 0 Å². The second kappa shape index (κ2) is 5.02. The van der Waals surface area contributed by atoms with E-state index in [9.17, 15) is 0 Å². The number of benzene rings is 2. The summed E-state index contributed by atoms with van der Waals surface area (Å²) in [6.45, 7) is 0.843. The monoisotopic (exact) mass is 348 g/mol. The van der Waals surface area contributed by atoms with E-state index in [4.69, 9.17) is 0 Å². The summed E-state index contributed by atoms with van der Waals surface area (Å²) in [7, 11) is 0. The molecular formula is C15H13IN2. The molecule has 0 bridgehead atoms. The van der Waals surface area contributed by atoms with Gasteiger partial charge < -0.3 is 10.3 Å². The van der Waals surface area contributed by atoms with Crippen molar-refractivity contribution in [1.29, 1.82) is 0 Å². The van der Waals surface area contributed by atoms with Gasteiger partial charge in [0, 0.05) is 32.9 Å². The molecule has 1 heterocycles. The van der Waals surface area contributed by atoms with Crippen LogP contribution in [-0.2, 0) is 6.54 Å². The Morgan fingerprint density at radius 1 is 1.06 bits per heavy atom. The van der Waals surface area contributed by atoms with Crippen LogP contribution in [-0.4, -0.2) is 4.98 Å². The number of hydrogen-bond donors (Lipinski definition) is 2. The molecule has 18 heavy (non-hydrogen) atoms. The second-order valence-corrected chi connectivity index (χ2v) is 5.47. The van der Waals surface area contributed by atoms with Gasteiger partial charge in [0.2, 0.25) is 0 Å². The molecule has 3 aromatic rings. The van der Waals surface area contributed by atoms with Crippen molar-refractivity contribution >= 4 is 39.2 Å². The molecule has 2 N–H and O–H groups in total. The Bertz CT molecular complexity index is 673. The largest absolute Gasteiger partial charge is 0.381 e. The summed E-state index contributed by atoms with van der Waals surface area (Å²) in [4.78, 5) is 3.24. The first-order valence-corrected chi connectivity index (χ1v) is 6.95. The summed E-state index contributed by atoms with van der Waals surface area (Å²) < 4.78 is 1.25. The van der Waals surface area contributed by atoms with Gasteiger partial charge in [-0.05, 0) is 58.5 Å². The Hall–Kier alpha value is -1.49. The smallest absolute Gasteiger partial charge is 0.0457 e. The van der Waals surface area contributed by atoms with Crippen LogP contribution in [0, 0.1) is 3.57 Å². The molecular weight excluding hydrogens is 335 g/mol. The zero-order valence-electron chi connectivity index (χ0n) is 9.78. The van der Waals surface area contributed by atoms with E-state index in [0.29, 0.717) is 0 Å². The Labute approximate surface area is 120 Å². The van der Waals surface area contributed by atoms with Crippen LogP contribution in [0.25, 0.3) is 10.9 Å². The van der Waals surface area contributed by atoms with Gasteiger partial charge >= 0.3 is 0 Å². The van der Waals surface area contributed by atoms with Gasteiger partial charge in [-0.15, -0.1) is 0 Å². The minimum atomic E-state index is 0.843. The Morgan fingerprint density at radius 2 is 1.94 bits per heavy atom. The Balaban J connectivity index is 1.83. The number of anilines is 1. The van der Waals surface area contributed by atoms with Crippen LogP contribution in [0.3, 0.4) is 0 Å². The molecule has 0 amide bonds.